The van der Waals surface area contributed by atoms with Crippen LogP contribution in [-0.4, -0.2) is 14.5 Å². The number of sulfonamides is 1. The molecule has 1 aromatic carbocycles. The highest BCUT2D eigenvalue weighted by Gasteiger charge is 2.27. The minimum atomic E-state index is -3.84. The van der Waals surface area contributed by atoms with Crippen molar-refractivity contribution in [3.05, 3.63) is 24.0 Å². The number of anilines is 1. The van der Waals surface area contributed by atoms with Crippen LogP contribution in [0.4, 0.5) is 10.1 Å². The Hall–Kier alpha value is -1.14. The van der Waals surface area contributed by atoms with Crippen LogP contribution < -0.4 is 10.5 Å². The topological polar surface area (TPSA) is 72.2 Å². The minimum Gasteiger partial charge on any atom is -0.399 e. The highest BCUT2D eigenvalue weighted by Crippen LogP contribution is 2.33. The largest absolute Gasteiger partial charge is 0.399 e. The maximum absolute atomic E-state index is 13.5. The second-order valence-electron chi connectivity index (χ2n) is 4.89. The van der Waals surface area contributed by atoms with Crippen molar-refractivity contribution in [1.82, 2.24) is 4.72 Å². The number of halogens is 1. The molecule has 0 amide bonds. The minimum absolute atomic E-state index is 0.191. The first-order valence-electron chi connectivity index (χ1n) is 5.96. The van der Waals surface area contributed by atoms with Crippen molar-refractivity contribution in [2.75, 3.05) is 5.73 Å². The third-order valence-electron chi connectivity index (χ3n) is 2.98. The predicted octanol–water partition coefficient (Wildman–Crippen LogP) is 1.87. The first-order valence-corrected chi connectivity index (χ1v) is 7.44. The van der Waals surface area contributed by atoms with Crippen LogP contribution in [0.1, 0.15) is 26.2 Å². The Morgan fingerprint density at radius 1 is 1.50 bits per heavy atom. The Morgan fingerprint density at radius 2 is 2.17 bits per heavy atom. The van der Waals surface area contributed by atoms with Crippen LogP contribution in [0.3, 0.4) is 0 Å². The lowest BCUT2D eigenvalue weighted by atomic mass is 10.2. The third-order valence-corrected chi connectivity index (χ3v) is 4.59. The smallest absolute Gasteiger partial charge is 0.243 e. The number of nitrogen functional groups attached to an aromatic ring is 1. The maximum atomic E-state index is 13.5. The van der Waals surface area contributed by atoms with E-state index in [4.69, 9.17) is 5.73 Å². The summed E-state index contributed by atoms with van der Waals surface area (Å²) in [6.45, 7) is 1.79. The van der Waals surface area contributed by atoms with Gasteiger partial charge in [-0.3, -0.25) is 0 Å². The molecule has 0 heterocycles. The van der Waals surface area contributed by atoms with Gasteiger partial charge in [-0.1, -0.05) is 12.8 Å². The van der Waals surface area contributed by atoms with Crippen LogP contribution in [0.25, 0.3) is 0 Å². The van der Waals surface area contributed by atoms with E-state index in [-0.39, 0.29) is 16.6 Å². The van der Waals surface area contributed by atoms with Gasteiger partial charge in [0, 0.05) is 11.7 Å². The summed E-state index contributed by atoms with van der Waals surface area (Å²) in [7, 11) is -3.84. The molecule has 1 atom stereocenters. The highest BCUT2D eigenvalue weighted by molar-refractivity contribution is 7.89. The molecule has 1 aliphatic carbocycles. The van der Waals surface area contributed by atoms with E-state index in [0.29, 0.717) is 5.92 Å². The molecule has 1 saturated carbocycles. The van der Waals surface area contributed by atoms with Crippen LogP contribution in [0, 0.1) is 11.7 Å². The van der Waals surface area contributed by atoms with Crippen molar-refractivity contribution < 1.29 is 12.8 Å². The number of nitrogens with one attached hydrogen (secondary N) is 1. The number of benzene rings is 1. The van der Waals surface area contributed by atoms with Gasteiger partial charge in [-0.2, -0.15) is 0 Å². The predicted molar refractivity (Wildman–Crippen MR) is 67.9 cm³/mol. The lowest BCUT2D eigenvalue weighted by molar-refractivity contribution is 0.521. The SMILES string of the molecule is CC(CC1CC1)NS(=O)(=O)c1cc(N)ccc1F. The monoisotopic (exact) mass is 272 g/mol. The first-order chi connectivity index (χ1) is 8.38. The molecule has 0 bridgehead atoms. The van der Waals surface area contributed by atoms with E-state index in [2.05, 4.69) is 4.72 Å². The first kappa shape index (κ1) is 13.3. The molecule has 0 radical (unpaired) electrons. The fourth-order valence-electron chi connectivity index (χ4n) is 1.96. The molecule has 1 unspecified atom stereocenters. The lowest BCUT2D eigenvalue weighted by Gasteiger charge is -2.14. The Kier molecular flexibility index (Phi) is 3.59. The van der Waals surface area contributed by atoms with Crippen LogP contribution in [0.15, 0.2) is 23.1 Å². The molecule has 1 aromatic rings. The van der Waals surface area contributed by atoms with Crippen molar-refractivity contribution in [1.29, 1.82) is 0 Å². The van der Waals surface area contributed by atoms with Gasteiger partial charge in [0.05, 0.1) is 0 Å². The van der Waals surface area contributed by atoms with Gasteiger partial charge in [-0.25, -0.2) is 17.5 Å². The second kappa shape index (κ2) is 4.85. The fourth-order valence-corrected chi connectivity index (χ4v) is 3.32. The van der Waals surface area contributed by atoms with Crippen LogP contribution in [0.5, 0.6) is 0 Å². The van der Waals surface area contributed by atoms with E-state index in [1.54, 1.807) is 6.92 Å². The molecule has 18 heavy (non-hydrogen) atoms. The van der Waals surface area contributed by atoms with Gasteiger partial charge in [0.25, 0.3) is 0 Å². The average molecular weight is 272 g/mol. The Morgan fingerprint density at radius 3 is 2.78 bits per heavy atom. The molecule has 3 N–H and O–H groups in total. The summed E-state index contributed by atoms with van der Waals surface area (Å²) < 4.78 is 40.0. The lowest BCUT2D eigenvalue weighted by Crippen LogP contribution is -2.33. The quantitative estimate of drug-likeness (QED) is 0.804. The summed E-state index contributed by atoms with van der Waals surface area (Å²) in [5.74, 6) is -0.177. The van der Waals surface area contributed by atoms with Gasteiger partial charge < -0.3 is 5.73 Å². The number of nitrogens with two attached hydrogens (primary N) is 1. The van der Waals surface area contributed by atoms with Crippen molar-refractivity contribution in [2.24, 2.45) is 5.92 Å². The van der Waals surface area contributed by atoms with Crippen LogP contribution in [0.2, 0.25) is 0 Å². The normalized spacial score (nSPS) is 17.7. The van der Waals surface area contributed by atoms with Gasteiger partial charge in [-0.05, 0) is 37.5 Å². The van der Waals surface area contributed by atoms with E-state index in [1.807, 2.05) is 0 Å². The van der Waals surface area contributed by atoms with E-state index in [0.717, 1.165) is 31.4 Å². The summed E-state index contributed by atoms with van der Waals surface area (Å²) in [4.78, 5) is -0.384. The van der Waals surface area contributed by atoms with Gasteiger partial charge in [0.2, 0.25) is 10.0 Å². The molecule has 1 aliphatic rings. The van der Waals surface area contributed by atoms with E-state index in [1.165, 1.54) is 6.07 Å². The van der Waals surface area contributed by atoms with E-state index < -0.39 is 15.8 Å². The van der Waals surface area contributed by atoms with Crippen molar-refractivity contribution in [3.8, 4) is 0 Å². The van der Waals surface area contributed by atoms with E-state index >= 15 is 0 Å². The Balaban J connectivity index is 2.16. The molecule has 4 nitrogen and oxygen atoms in total. The van der Waals surface area contributed by atoms with Crippen LogP contribution in [-0.2, 0) is 10.0 Å². The summed E-state index contributed by atoms with van der Waals surface area (Å²) >= 11 is 0. The van der Waals surface area contributed by atoms with Crippen LogP contribution >= 0.6 is 0 Å². The third kappa shape index (κ3) is 3.20. The zero-order chi connectivity index (χ0) is 13.3. The van der Waals surface area contributed by atoms with E-state index in [9.17, 15) is 12.8 Å². The standard InChI is InChI=1S/C12H17FN2O2S/c1-8(6-9-2-3-9)15-18(16,17)12-7-10(14)4-5-11(12)13/h4-5,7-9,15H,2-3,6,14H2,1H3. The zero-order valence-electron chi connectivity index (χ0n) is 10.2. The van der Waals surface area contributed by atoms with Gasteiger partial charge in [0.15, 0.2) is 0 Å². The van der Waals surface area contributed by atoms with Gasteiger partial charge in [0.1, 0.15) is 10.7 Å². The fraction of sp³-hybridized carbons (Fsp3) is 0.500. The molecule has 0 spiro atoms. The molecule has 0 aromatic heterocycles. The molecule has 6 heteroatoms. The summed E-state index contributed by atoms with van der Waals surface area (Å²) in [5.41, 5.74) is 5.72. The molecular formula is C12H17FN2O2S. The number of rotatable bonds is 5. The second-order valence-corrected chi connectivity index (χ2v) is 6.57. The van der Waals surface area contributed by atoms with Gasteiger partial charge >= 0.3 is 0 Å². The molecule has 0 saturated heterocycles. The Bertz CT molecular complexity index is 541. The number of hydrogen-bond acceptors (Lipinski definition) is 3. The summed E-state index contributed by atoms with van der Waals surface area (Å²) in [6, 6.07) is 3.35. The summed E-state index contributed by atoms with van der Waals surface area (Å²) in [5, 5.41) is 0. The molecule has 1 fully saturated rings. The highest BCUT2D eigenvalue weighted by atomic mass is 32.2. The number of hydrogen-bond donors (Lipinski definition) is 2. The average Bonchev–Trinajstić information content (AvgIpc) is 3.04. The Labute approximate surface area is 106 Å². The van der Waals surface area contributed by atoms with Crippen molar-refractivity contribution in [3.63, 3.8) is 0 Å². The van der Waals surface area contributed by atoms with Gasteiger partial charge in [-0.15, -0.1) is 0 Å². The van der Waals surface area contributed by atoms with Crippen molar-refractivity contribution >= 4 is 15.7 Å². The molecule has 100 valence electrons. The molecule has 0 aliphatic heterocycles. The zero-order valence-corrected chi connectivity index (χ0v) is 11.0. The molecule has 2 rings (SSSR count). The molecular weight excluding hydrogens is 255 g/mol. The summed E-state index contributed by atoms with van der Waals surface area (Å²) in [6.07, 6.45) is 3.10. The van der Waals surface area contributed by atoms with Crippen molar-refractivity contribution in [2.45, 2.75) is 37.1 Å². The maximum Gasteiger partial charge on any atom is 0.243 e.